The van der Waals surface area contributed by atoms with E-state index in [0.717, 1.165) is 35.9 Å². The highest BCUT2D eigenvalue weighted by Gasteiger charge is 2.48. The van der Waals surface area contributed by atoms with Gasteiger partial charge in [-0.3, -0.25) is 9.78 Å². The summed E-state index contributed by atoms with van der Waals surface area (Å²) in [5.74, 6) is -0.392. The SMILES string of the molecule is CS(=O)(=O)c1c([C@H]2C[C@H]3CC[C@@H](C2)N3C(=O)[C@@H]2COC(=O)N2)nc2c(-c3ccc(-c4ccccc4)nc3)cnn2c1N. The lowest BCUT2D eigenvalue weighted by molar-refractivity contribution is -0.137. The molecule has 0 spiro atoms. The molecule has 2 bridgehead atoms. The third-order valence-corrected chi connectivity index (χ3v) is 9.68. The van der Waals surface area contributed by atoms with E-state index in [1.54, 1.807) is 12.4 Å². The Hall–Kier alpha value is -4.52. The number of carbonyl (C=O) groups is 2. The highest BCUT2D eigenvalue weighted by molar-refractivity contribution is 7.91. The molecule has 0 saturated carbocycles. The molecular formula is C29H29N7O5S. The summed E-state index contributed by atoms with van der Waals surface area (Å²) in [6.45, 7) is 0.00912. The molecular weight excluding hydrogens is 558 g/mol. The van der Waals surface area contributed by atoms with Crippen LogP contribution in [0.1, 0.15) is 37.3 Å². The van der Waals surface area contributed by atoms with E-state index >= 15 is 0 Å². The molecule has 0 unspecified atom stereocenters. The predicted octanol–water partition coefficient (Wildman–Crippen LogP) is 2.79. The minimum Gasteiger partial charge on any atom is -0.447 e. The van der Waals surface area contributed by atoms with E-state index in [0.29, 0.717) is 29.7 Å². The fourth-order valence-electron chi connectivity index (χ4n) is 6.67. The quantitative estimate of drug-likeness (QED) is 0.358. The van der Waals surface area contributed by atoms with Gasteiger partial charge in [0.25, 0.3) is 0 Å². The molecule has 42 heavy (non-hydrogen) atoms. The van der Waals surface area contributed by atoms with Gasteiger partial charge >= 0.3 is 6.09 Å². The lowest BCUT2D eigenvalue weighted by Gasteiger charge is -2.40. The molecule has 0 radical (unpaired) electrons. The standard InChI is InChI=1S/C29H29N7O5S/c1-42(39,40)25-24(18-11-19-8-9-20(12-18)35(19)28(37)23-15-41-29(38)33-23)34-27-21(14-32-36(27)26(25)30)17-7-10-22(31-13-17)16-5-3-2-4-6-16/h2-7,10,13-14,18-20,23H,8-9,11-12,15,30H2,1H3,(H,33,38)/t18-,19+,20-,23-/m0/s1. The molecule has 3 aliphatic rings. The van der Waals surface area contributed by atoms with Crippen LogP contribution < -0.4 is 11.1 Å². The molecule has 13 heteroatoms. The van der Waals surface area contributed by atoms with Gasteiger partial charge in [-0.2, -0.15) is 9.61 Å². The van der Waals surface area contributed by atoms with Gasteiger partial charge in [0, 0.05) is 47.1 Å². The van der Waals surface area contributed by atoms with Crippen molar-refractivity contribution in [3.05, 3.63) is 60.6 Å². The summed E-state index contributed by atoms with van der Waals surface area (Å²) in [5, 5.41) is 6.98. The van der Waals surface area contributed by atoms with Crippen LogP contribution in [0.15, 0.2) is 59.8 Å². The van der Waals surface area contributed by atoms with Crippen molar-refractivity contribution in [2.45, 2.75) is 54.6 Å². The number of carbonyl (C=O) groups excluding carboxylic acids is 2. The number of alkyl carbamates (subject to hydrolysis) is 1. The fourth-order valence-corrected chi connectivity index (χ4v) is 7.73. The third-order valence-electron chi connectivity index (χ3n) is 8.52. The second-order valence-corrected chi connectivity index (χ2v) is 13.1. The number of nitrogens with one attached hydrogen (secondary N) is 1. The number of ether oxygens (including phenoxy) is 1. The average molecular weight is 588 g/mol. The maximum absolute atomic E-state index is 13.3. The number of amides is 2. The summed E-state index contributed by atoms with van der Waals surface area (Å²) in [6, 6.07) is 12.8. The minimum absolute atomic E-state index is 0.00860. The third kappa shape index (κ3) is 4.35. The Kier molecular flexibility index (Phi) is 6.15. The number of nitrogens with two attached hydrogens (primary N) is 1. The Labute approximate surface area is 241 Å². The largest absolute Gasteiger partial charge is 0.447 e. The molecule has 12 nitrogen and oxygen atoms in total. The summed E-state index contributed by atoms with van der Waals surface area (Å²) >= 11 is 0. The minimum atomic E-state index is -3.77. The summed E-state index contributed by atoms with van der Waals surface area (Å²) < 4.78 is 32.5. The van der Waals surface area contributed by atoms with E-state index < -0.39 is 22.0 Å². The zero-order valence-corrected chi connectivity index (χ0v) is 23.6. The number of cyclic esters (lactones) is 1. The molecule has 1 aromatic carbocycles. The highest BCUT2D eigenvalue weighted by Crippen LogP contribution is 2.45. The maximum Gasteiger partial charge on any atom is 0.407 e. The maximum atomic E-state index is 13.3. The van der Waals surface area contributed by atoms with Gasteiger partial charge in [0.15, 0.2) is 15.5 Å². The van der Waals surface area contributed by atoms with E-state index in [1.807, 2.05) is 47.4 Å². The van der Waals surface area contributed by atoms with Crippen molar-refractivity contribution in [3.63, 3.8) is 0 Å². The zero-order chi connectivity index (χ0) is 29.2. The number of rotatable bonds is 5. The number of hydrogen-bond acceptors (Lipinski definition) is 9. The number of fused-ring (bicyclic) bond motifs is 3. The number of piperidine rings is 1. The topological polar surface area (TPSA) is 162 Å². The van der Waals surface area contributed by atoms with Gasteiger partial charge < -0.3 is 20.7 Å². The first-order chi connectivity index (χ1) is 20.2. The number of hydrogen-bond donors (Lipinski definition) is 2. The number of aromatic nitrogens is 4. The number of benzene rings is 1. The first-order valence-corrected chi connectivity index (χ1v) is 15.7. The molecule has 4 aromatic rings. The molecule has 7 rings (SSSR count). The van der Waals surface area contributed by atoms with Crippen LogP contribution in [-0.4, -0.2) is 75.9 Å². The van der Waals surface area contributed by atoms with Crippen LogP contribution in [0.25, 0.3) is 28.0 Å². The Morgan fingerprint density at radius 1 is 1.05 bits per heavy atom. The van der Waals surface area contributed by atoms with Gasteiger partial charge in [-0.15, -0.1) is 0 Å². The molecule has 6 heterocycles. The second-order valence-electron chi connectivity index (χ2n) is 11.2. The molecule has 3 aliphatic heterocycles. The molecule has 2 amide bonds. The van der Waals surface area contributed by atoms with Crippen molar-refractivity contribution in [3.8, 4) is 22.4 Å². The average Bonchev–Trinajstić information content (AvgIpc) is 3.68. The van der Waals surface area contributed by atoms with E-state index in [2.05, 4.69) is 15.4 Å². The Morgan fingerprint density at radius 2 is 1.79 bits per heavy atom. The Bertz CT molecular complexity index is 1810. The van der Waals surface area contributed by atoms with Crippen LogP contribution >= 0.6 is 0 Å². The number of nitrogen functional groups attached to an aromatic ring is 1. The molecule has 4 atom stereocenters. The molecule has 3 fully saturated rings. The van der Waals surface area contributed by atoms with E-state index in [9.17, 15) is 18.0 Å². The van der Waals surface area contributed by atoms with E-state index in [1.165, 1.54) is 4.52 Å². The van der Waals surface area contributed by atoms with Gasteiger partial charge in [0.2, 0.25) is 5.91 Å². The van der Waals surface area contributed by atoms with Crippen molar-refractivity contribution in [1.29, 1.82) is 0 Å². The van der Waals surface area contributed by atoms with Crippen LogP contribution in [-0.2, 0) is 19.4 Å². The van der Waals surface area contributed by atoms with Crippen molar-refractivity contribution in [1.82, 2.24) is 29.8 Å². The zero-order valence-electron chi connectivity index (χ0n) is 22.8. The van der Waals surface area contributed by atoms with Gasteiger partial charge in [-0.25, -0.2) is 18.2 Å². The molecule has 3 saturated heterocycles. The smallest absolute Gasteiger partial charge is 0.407 e. The van der Waals surface area contributed by atoms with Gasteiger partial charge in [-0.05, 0) is 31.7 Å². The van der Waals surface area contributed by atoms with Crippen molar-refractivity contribution >= 4 is 33.3 Å². The molecule has 3 N–H and O–H groups in total. The lowest BCUT2D eigenvalue weighted by Crippen LogP contribution is -2.53. The van der Waals surface area contributed by atoms with E-state index in [-0.39, 0.29) is 41.2 Å². The predicted molar refractivity (Wildman–Crippen MR) is 153 cm³/mol. The summed E-state index contributed by atoms with van der Waals surface area (Å²) in [6.07, 6.45) is 6.55. The van der Waals surface area contributed by atoms with Gasteiger partial charge in [0.05, 0.1) is 17.6 Å². The molecule has 3 aromatic heterocycles. The van der Waals surface area contributed by atoms with Crippen LogP contribution in [0.4, 0.5) is 10.6 Å². The Balaban J connectivity index is 1.26. The Morgan fingerprint density at radius 3 is 2.40 bits per heavy atom. The van der Waals surface area contributed by atoms with Crippen LogP contribution in [0.3, 0.4) is 0 Å². The lowest BCUT2D eigenvalue weighted by atomic mass is 9.87. The fraction of sp³-hybridized carbons (Fsp3) is 0.345. The van der Waals surface area contributed by atoms with Crippen molar-refractivity contribution in [2.75, 3.05) is 18.6 Å². The number of nitrogens with zero attached hydrogens (tertiary/aromatic N) is 5. The van der Waals surface area contributed by atoms with Crippen LogP contribution in [0.2, 0.25) is 0 Å². The highest BCUT2D eigenvalue weighted by atomic mass is 32.2. The van der Waals surface area contributed by atoms with Crippen LogP contribution in [0.5, 0.6) is 0 Å². The van der Waals surface area contributed by atoms with Crippen LogP contribution in [0, 0.1) is 0 Å². The number of pyridine rings is 1. The van der Waals surface area contributed by atoms with Crippen molar-refractivity contribution in [2.24, 2.45) is 0 Å². The summed E-state index contributed by atoms with van der Waals surface area (Å²) in [4.78, 5) is 36.2. The molecule has 0 aliphatic carbocycles. The molecule has 216 valence electrons. The second kappa shape index (κ2) is 9.79. The number of anilines is 1. The van der Waals surface area contributed by atoms with Gasteiger partial charge in [0.1, 0.15) is 23.4 Å². The first-order valence-electron chi connectivity index (χ1n) is 13.8. The van der Waals surface area contributed by atoms with E-state index in [4.69, 9.17) is 15.5 Å². The van der Waals surface area contributed by atoms with Crippen molar-refractivity contribution < 1.29 is 22.7 Å². The first kappa shape index (κ1) is 26.4. The summed E-state index contributed by atoms with van der Waals surface area (Å²) in [7, 11) is -3.77. The number of sulfone groups is 1. The van der Waals surface area contributed by atoms with Gasteiger partial charge in [-0.1, -0.05) is 36.4 Å². The normalized spacial score (nSPS) is 23.6. The summed E-state index contributed by atoms with van der Waals surface area (Å²) in [5.41, 5.74) is 10.6. The monoisotopic (exact) mass is 587 g/mol.